The molecule has 0 radical (unpaired) electrons. The lowest BCUT2D eigenvalue weighted by molar-refractivity contribution is 0.144. The van der Waals surface area contributed by atoms with Crippen molar-refractivity contribution in [2.45, 2.75) is 26.7 Å². The van der Waals surface area contributed by atoms with Crippen LogP contribution < -0.4 is 0 Å². The summed E-state index contributed by atoms with van der Waals surface area (Å²) in [7, 11) is -2.85. The minimum Gasteiger partial charge on any atom is -0.381 e. The first-order valence-corrected chi connectivity index (χ1v) is 6.54. The Kier molecular flexibility index (Phi) is 6.73. The lowest BCUT2D eigenvalue weighted by atomic mass is 10.4. The third-order valence-corrected chi connectivity index (χ3v) is 3.59. The maximum atomic E-state index is 11.1. The van der Waals surface area contributed by atoms with Gasteiger partial charge in [-0.1, -0.05) is 20.3 Å². The first-order valence-electron chi connectivity index (χ1n) is 4.51. The van der Waals surface area contributed by atoms with E-state index in [-0.39, 0.29) is 0 Å². The van der Waals surface area contributed by atoms with E-state index in [9.17, 15) is 4.57 Å². The summed E-state index contributed by atoms with van der Waals surface area (Å²) in [5.41, 5.74) is 0. The molecule has 0 fully saturated rings. The standard InChI is InChI=1S/C8H19O3P/c1-3-5-6-11-7-8-12(9,10)4-2/h3-8H2,1-2H3,(H,9,10). The molecule has 0 aliphatic heterocycles. The van der Waals surface area contributed by atoms with Crippen molar-refractivity contribution in [3.63, 3.8) is 0 Å². The Balaban J connectivity index is 3.25. The summed E-state index contributed by atoms with van der Waals surface area (Å²) in [6.07, 6.45) is 2.78. The Bertz CT molecular complexity index is 147. The van der Waals surface area contributed by atoms with E-state index in [2.05, 4.69) is 6.92 Å². The van der Waals surface area contributed by atoms with E-state index in [0.717, 1.165) is 12.8 Å². The van der Waals surface area contributed by atoms with Crippen LogP contribution in [0.2, 0.25) is 0 Å². The molecule has 0 heterocycles. The van der Waals surface area contributed by atoms with E-state index in [1.807, 2.05) is 0 Å². The number of rotatable bonds is 7. The molecule has 0 amide bonds. The van der Waals surface area contributed by atoms with E-state index in [1.54, 1.807) is 6.92 Å². The predicted molar refractivity (Wildman–Crippen MR) is 51.0 cm³/mol. The molecule has 0 bridgehead atoms. The van der Waals surface area contributed by atoms with Crippen LogP contribution >= 0.6 is 7.37 Å². The van der Waals surface area contributed by atoms with Gasteiger partial charge in [-0.05, 0) is 6.42 Å². The molecular weight excluding hydrogens is 175 g/mol. The topological polar surface area (TPSA) is 46.5 Å². The summed E-state index contributed by atoms with van der Waals surface area (Å²) < 4.78 is 16.3. The highest BCUT2D eigenvalue weighted by atomic mass is 31.2. The van der Waals surface area contributed by atoms with Gasteiger partial charge in [0.2, 0.25) is 7.37 Å². The quantitative estimate of drug-likeness (QED) is 0.498. The van der Waals surface area contributed by atoms with Crippen molar-refractivity contribution in [2.75, 3.05) is 25.5 Å². The van der Waals surface area contributed by atoms with Crippen molar-refractivity contribution in [1.29, 1.82) is 0 Å². The molecule has 3 nitrogen and oxygen atoms in total. The second-order valence-corrected chi connectivity index (χ2v) is 5.62. The fraction of sp³-hybridized carbons (Fsp3) is 1.00. The van der Waals surface area contributed by atoms with Crippen molar-refractivity contribution >= 4 is 7.37 Å². The molecule has 0 aromatic carbocycles. The number of hydrogen-bond donors (Lipinski definition) is 1. The van der Waals surface area contributed by atoms with Crippen molar-refractivity contribution in [3.8, 4) is 0 Å². The first kappa shape index (κ1) is 12.2. The van der Waals surface area contributed by atoms with Crippen molar-refractivity contribution in [2.24, 2.45) is 0 Å². The maximum Gasteiger partial charge on any atom is 0.202 e. The van der Waals surface area contributed by atoms with Gasteiger partial charge in [0.05, 0.1) is 6.61 Å². The Morgan fingerprint density at radius 2 is 2.00 bits per heavy atom. The molecule has 0 aromatic heterocycles. The van der Waals surface area contributed by atoms with Crippen LogP contribution in [0.4, 0.5) is 0 Å². The Hall–Kier alpha value is 0.150. The normalized spacial score (nSPS) is 15.9. The Morgan fingerprint density at radius 3 is 2.50 bits per heavy atom. The molecule has 1 N–H and O–H groups in total. The van der Waals surface area contributed by atoms with Crippen molar-refractivity contribution < 1.29 is 14.2 Å². The second kappa shape index (κ2) is 6.64. The number of hydrogen-bond acceptors (Lipinski definition) is 2. The van der Waals surface area contributed by atoms with E-state index in [0.29, 0.717) is 25.5 Å². The van der Waals surface area contributed by atoms with Gasteiger partial charge in [-0.3, -0.25) is 4.57 Å². The molecule has 0 aliphatic carbocycles. The lowest BCUT2D eigenvalue weighted by Crippen LogP contribution is -2.03. The van der Waals surface area contributed by atoms with Crippen LogP contribution in [0.3, 0.4) is 0 Å². The van der Waals surface area contributed by atoms with Gasteiger partial charge in [-0.15, -0.1) is 0 Å². The van der Waals surface area contributed by atoms with Gasteiger partial charge in [0.1, 0.15) is 0 Å². The van der Waals surface area contributed by atoms with Crippen molar-refractivity contribution in [3.05, 3.63) is 0 Å². The molecule has 74 valence electrons. The fourth-order valence-electron chi connectivity index (χ4n) is 0.714. The summed E-state index contributed by atoms with van der Waals surface area (Å²) in [5.74, 6) is 0. The maximum absolute atomic E-state index is 11.1. The summed E-state index contributed by atoms with van der Waals surface area (Å²) >= 11 is 0. The smallest absolute Gasteiger partial charge is 0.202 e. The molecule has 1 unspecified atom stereocenters. The van der Waals surface area contributed by atoms with Gasteiger partial charge in [0, 0.05) is 18.9 Å². The van der Waals surface area contributed by atoms with Crippen LogP contribution in [0.1, 0.15) is 26.7 Å². The molecule has 12 heavy (non-hydrogen) atoms. The second-order valence-electron chi connectivity index (χ2n) is 2.85. The number of unbranched alkanes of at least 4 members (excludes halogenated alkanes) is 1. The van der Waals surface area contributed by atoms with Gasteiger partial charge in [-0.25, -0.2) is 0 Å². The highest BCUT2D eigenvalue weighted by molar-refractivity contribution is 7.57. The summed E-state index contributed by atoms with van der Waals surface area (Å²) in [4.78, 5) is 9.16. The summed E-state index contributed by atoms with van der Waals surface area (Å²) in [6, 6.07) is 0. The zero-order valence-corrected chi connectivity index (χ0v) is 8.85. The summed E-state index contributed by atoms with van der Waals surface area (Å²) in [6.45, 7) is 4.95. The molecule has 0 saturated carbocycles. The molecule has 0 aromatic rings. The van der Waals surface area contributed by atoms with Crippen LogP contribution in [0.5, 0.6) is 0 Å². The molecule has 0 aliphatic rings. The Labute approximate surface area is 74.6 Å². The van der Waals surface area contributed by atoms with Crippen LogP contribution in [0.15, 0.2) is 0 Å². The fourth-order valence-corrected chi connectivity index (χ4v) is 1.44. The van der Waals surface area contributed by atoms with Crippen molar-refractivity contribution in [1.82, 2.24) is 0 Å². The minimum atomic E-state index is -2.85. The Morgan fingerprint density at radius 1 is 1.33 bits per heavy atom. The summed E-state index contributed by atoms with van der Waals surface area (Å²) in [5, 5.41) is 0. The monoisotopic (exact) mass is 194 g/mol. The minimum absolute atomic E-state index is 0.299. The molecule has 0 saturated heterocycles. The third-order valence-electron chi connectivity index (χ3n) is 1.72. The average Bonchev–Trinajstić information content (AvgIpc) is 2.04. The third kappa shape index (κ3) is 6.84. The molecule has 0 rings (SSSR count). The van der Waals surface area contributed by atoms with Gasteiger partial charge >= 0.3 is 0 Å². The molecular formula is C8H19O3P. The molecule has 1 atom stereocenters. The van der Waals surface area contributed by atoms with Gasteiger partial charge in [0.25, 0.3) is 0 Å². The van der Waals surface area contributed by atoms with Crippen LogP contribution in [0, 0.1) is 0 Å². The largest absolute Gasteiger partial charge is 0.381 e. The van der Waals surface area contributed by atoms with Crippen LogP contribution in [-0.4, -0.2) is 30.4 Å². The van der Waals surface area contributed by atoms with E-state index in [4.69, 9.17) is 9.63 Å². The molecule has 0 spiro atoms. The zero-order chi connectivity index (χ0) is 9.45. The van der Waals surface area contributed by atoms with E-state index in [1.165, 1.54) is 0 Å². The predicted octanol–water partition coefficient (Wildman–Crippen LogP) is 2.09. The van der Waals surface area contributed by atoms with Crippen LogP contribution in [0.25, 0.3) is 0 Å². The van der Waals surface area contributed by atoms with Gasteiger partial charge in [0.15, 0.2) is 0 Å². The zero-order valence-electron chi connectivity index (χ0n) is 7.95. The highest BCUT2D eigenvalue weighted by Gasteiger charge is 2.13. The van der Waals surface area contributed by atoms with Gasteiger partial charge < -0.3 is 9.63 Å². The first-order chi connectivity index (χ1) is 5.62. The molecule has 4 heteroatoms. The average molecular weight is 194 g/mol. The van der Waals surface area contributed by atoms with E-state index < -0.39 is 7.37 Å². The highest BCUT2D eigenvalue weighted by Crippen LogP contribution is 2.38. The van der Waals surface area contributed by atoms with E-state index >= 15 is 0 Å². The lowest BCUT2D eigenvalue weighted by Gasteiger charge is -2.08. The number of ether oxygens (including phenoxy) is 1. The van der Waals surface area contributed by atoms with Crippen LogP contribution in [-0.2, 0) is 9.30 Å². The SMILES string of the molecule is CCCCOCCP(=O)(O)CC. The van der Waals surface area contributed by atoms with Gasteiger partial charge in [-0.2, -0.15) is 0 Å².